The molecule has 0 spiro atoms. The van der Waals surface area contributed by atoms with Gasteiger partial charge in [0.1, 0.15) is 18.4 Å². The first-order chi connectivity index (χ1) is 11.1. The second-order valence-corrected chi connectivity index (χ2v) is 6.30. The molecule has 3 rings (SSSR count). The molecule has 6 nitrogen and oxygen atoms in total. The number of fused-ring (bicyclic) bond motifs is 1. The zero-order chi connectivity index (χ0) is 16.4. The number of primary amides is 1. The minimum Gasteiger partial charge on any atom is -0.497 e. The lowest BCUT2D eigenvalue weighted by Gasteiger charge is -2.29. The SMILES string of the molecule is COc1ccc2[nH]cc([C@H](O)C[NH+]3CCC(C(N)=O)CC3)c2c1. The van der Waals surface area contributed by atoms with Crippen molar-refractivity contribution in [1.82, 2.24) is 4.98 Å². The van der Waals surface area contributed by atoms with Crippen molar-refractivity contribution in [2.45, 2.75) is 18.9 Å². The Hall–Kier alpha value is -2.05. The summed E-state index contributed by atoms with van der Waals surface area (Å²) in [5.41, 5.74) is 7.25. The highest BCUT2D eigenvalue weighted by Gasteiger charge is 2.28. The van der Waals surface area contributed by atoms with Gasteiger partial charge in [-0.25, -0.2) is 0 Å². The molecular formula is C17H24N3O3+. The third kappa shape index (κ3) is 3.33. The average molecular weight is 318 g/mol. The minimum absolute atomic E-state index is 0.00626. The average Bonchev–Trinajstić information content (AvgIpc) is 2.98. The van der Waals surface area contributed by atoms with E-state index >= 15 is 0 Å². The van der Waals surface area contributed by atoms with Crippen LogP contribution in [-0.2, 0) is 4.79 Å². The van der Waals surface area contributed by atoms with Gasteiger partial charge in [0, 0.05) is 41.4 Å². The number of piperidine rings is 1. The molecule has 0 unspecified atom stereocenters. The van der Waals surface area contributed by atoms with Gasteiger partial charge in [0.15, 0.2) is 0 Å². The summed E-state index contributed by atoms with van der Waals surface area (Å²) in [6.07, 6.45) is 2.93. The first-order valence-electron chi connectivity index (χ1n) is 8.04. The van der Waals surface area contributed by atoms with E-state index in [1.807, 2.05) is 24.4 Å². The molecule has 1 atom stereocenters. The van der Waals surface area contributed by atoms with Gasteiger partial charge in [0.2, 0.25) is 5.91 Å². The van der Waals surface area contributed by atoms with Gasteiger partial charge in [-0.05, 0) is 18.2 Å². The van der Waals surface area contributed by atoms with E-state index in [0.29, 0.717) is 6.54 Å². The molecule has 1 aromatic heterocycles. The Bertz CT molecular complexity index is 689. The summed E-state index contributed by atoms with van der Waals surface area (Å²) < 4.78 is 5.27. The van der Waals surface area contributed by atoms with Crippen molar-refractivity contribution in [3.05, 3.63) is 30.0 Å². The van der Waals surface area contributed by atoms with Crippen LogP contribution in [0.1, 0.15) is 24.5 Å². The quantitative estimate of drug-likeness (QED) is 0.625. The van der Waals surface area contributed by atoms with Crippen LogP contribution in [0.15, 0.2) is 24.4 Å². The summed E-state index contributed by atoms with van der Waals surface area (Å²) in [5, 5.41) is 11.6. The van der Waals surface area contributed by atoms with Crippen LogP contribution in [0.2, 0.25) is 0 Å². The molecule has 1 aliphatic heterocycles. The summed E-state index contributed by atoms with van der Waals surface area (Å²) in [7, 11) is 1.64. The van der Waals surface area contributed by atoms with Gasteiger partial charge in [-0.15, -0.1) is 0 Å². The number of carbonyl (C=O) groups is 1. The van der Waals surface area contributed by atoms with E-state index in [1.54, 1.807) is 7.11 Å². The standard InChI is InChI=1S/C17H23N3O3/c1-23-12-2-3-15-13(8-12)14(9-19-15)16(21)10-20-6-4-11(5-7-20)17(18)22/h2-3,8-9,11,16,19,21H,4-7,10H2,1H3,(H2,18,22)/p+1/t16-/m1/s1. The zero-order valence-corrected chi connectivity index (χ0v) is 13.3. The van der Waals surface area contributed by atoms with Crippen LogP contribution in [0, 0.1) is 5.92 Å². The van der Waals surface area contributed by atoms with E-state index in [-0.39, 0.29) is 11.8 Å². The molecule has 0 saturated carbocycles. The number of carbonyl (C=O) groups excluding carboxylic acids is 1. The highest BCUT2D eigenvalue weighted by molar-refractivity contribution is 5.85. The smallest absolute Gasteiger partial charge is 0.220 e. The number of likely N-dealkylation sites (tertiary alicyclic amines) is 1. The monoisotopic (exact) mass is 318 g/mol. The Morgan fingerprint density at radius 3 is 2.87 bits per heavy atom. The summed E-state index contributed by atoms with van der Waals surface area (Å²) in [6.45, 7) is 2.38. The molecule has 2 aromatic rings. The van der Waals surface area contributed by atoms with Gasteiger partial charge in [-0.2, -0.15) is 0 Å². The highest BCUT2D eigenvalue weighted by Crippen LogP contribution is 2.27. The summed E-state index contributed by atoms with van der Waals surface area (Å²) >= 11 is 0. The van der Waals surface area contributed by atoms with Crippen LogP contribution < -0.4 is 15.4 Å². The summed E-state index contributed by atoms with van der Waals surface area (Å²) in [6, 6.07) is 5.80. The van der Waals surface area contributed by atoms with Crippen LogP contribution in [0.4, 0.5) is 0 Å². The zero-order valence-electron chi connectivity index (χ0n) is 13.3. The Balaban J connectivity index is 1.69. The predicted octanol–water partition coefficient (Wildman–Crippen LogP) is -0.00990. The third-order valence-electron chi connectivity index (χ3n) is 4.86. The molecule has 0 aliphatic carbocycles. The van der Waals surface area contributed by atoms with Gasteiger partial charge >= 0.3 is 0 Å². The van der Waals surface area contributed by atoms with Crippen molar-refractivity contribution in [2.75, 3.05) is 26.7 Å². The Morgan fingerprint density at radius 1 is 1.48 bits per heavy atom. The van der Waals surface area contributed by atoms with Crippen LogP contribution >= 0.6 is 0 Å². The number of methoxy groups -OCH3 is 1. The first-order valence-corrected chi connectivity index (χ1v) is 8.04. The Labute approximate surface area is 135 Å². The molecule has 5 N–H and O–H groups in total. The number of aliphatic hydroxyl groups excluding tert-OH is 1. The first kappa shape index (κ1) is 15.8. The van der Waals surface area contributed by atoms with Gasteiger partial charge in [0.05, 0.1) is 20.2 Å². The molecule has 1 amide bonds. The molecule has 6 heteroatoms. The number of rotatable bonds is 5. The van der Waals surface area contributed by atoms with E-state index in [0.717, 1.165) is 48.1 Å². The topological polar surface area (TPSA) is 92.8 Å². The maximum absolute atomic E-state index is 11.2. The Morgan fingerprint density at radius 2 is 2.22 bits per heavy atom. The second kappa shape index (κ2) is 6.60. The molecule has 2 heterocycles. The lowest BCUT2D eigenvalue weighted by atomic mass is 9.96. The van der Waals surface area contributed by atoms with Crippen LogP contribution in [0.3, 0.4) is 0 Å². The number of quaternary nitrogens is 1. The van der Waals surface area contributed by atoms with Crippen molar-refractivity contribution >= 4 is 16.8 Å². The molecule has 124 valence electrons. The molecule has 1 aromatic carbocycles. The number of benzene rings is 1. The van der Waals surface area contributed by atoms with E-state index in [1.165, 1.54) is 4.90 Å². The number of H-pyrrole nitrogens is 1. The maximum Gasteiger partial charge on any atom is 0.220 e. The van der Waals surface area contributed by atoms with Crippen LogP contribution in [0.25, 0.3) is 10.9 Å². The fourth-order valence-corrected chi connectivity index (χ4v) is 3.42. The lowest BCUT2D eigenvalue weighted by molar-refractivity contribution is -0.909. The molecule has 23 heavy (non-hydrogen) atoms. The van der Waals surface area contributed by atoms with E-state index < -0.39 is 6.10 Å². The van der Waals surface area contributed by atoms with Gasteiger partial charge in [0.25, 0.3) is 0 Å². The van der Waals surface area contributed by atoms with Crippen molar-refractivity contribution in [3.63, 3.8) is 0 Å². The number of ether oxygens (including phenoxy) is 1. The number of aromatic amines is 1. The van der Waals surface area contributed by atoms with Gasteiger partial charge in [-0.3, -0.25) is 4.79 Å². The summed E-state index contributed by atoms with van der Waals surface area (Å²) in [5.74, 6) is 0.571. The normalized spacial score (nSPS) is 22.9. The molecule has 0 radical (unpaired) electrons. The Kier molecular flexibility index (Phi) is 4.54. The molecular weight excluding hydrogens is 294 g/mol. The molecule has 0 bridgehead atoms. The molecule has 1 saturated heterocycles. The molecule has 1 fully saturated rings. The van der Waals surface area contributed by atoms with Crippen molar-refractivity contribution in [3.8, 4) is 5.75 Å². The number of nitrogens with one attached hydrogen (secondary N) is 2. The number of amides is 1. The number of hydrogen-bond acceptors (Lipinski definition) is 3. The highest BCUT2D eigenvalue weighted by atomic mass is 16.5. The lowest BCUT2D eigenvalue weighted by Crippen LogP contribution is -3.13. The largest absolute Gasteiger partial charge is 0.497 e. The predicted molar refractivity (Wildman–Crippen MR) is 87.3 cm³/mol. The van der Waals surface area contributed by atoms with Crippen LogP contribution in [0.5, 0.6) is 5.75 Å². The van der Waals surface area contributed by atoms with Crippen molar-refractivity contribution < 1.29 is 19.5 Å². The van der Waals surface area contributed by atoms with Crippen LogP contribution in [-0.4, -0.2) is 42.7 Å². The van der Waals surface area contributed by atoms with Crippen molar-refractivity contribution in [1.29, 1.82) is 0 Å². The minimum atomic E-state index is -0.545. The number of nitrogens with two attached hydrogens (primary N) is 1. The van der Waals surface area contributed by atoms with E-state index in [4.69, 9.17) is 10.5 Å². The molecule has 1 aliphatic rings. The maximum atomic E-state index is 11.2. The van der Waals surface area contributed by atoms with Gasteiger partial charge in [-0.1, -0.05) is 0 Å². The van der Waals surface area contributed by atoms with Gasteiger partial charge < -0.3 is 25.5 Å². The number of hydrogen-bond donors (Lipinski definition) is 4. The third-order valence-corrected chi connectivity index (χ3v) is 4.86. The van der Waals surface area contributed by atoms with E-state index in [9.17, 15) is 9.90 Å². The number of aromatic nitrogens is 1. The summed E-state index contributed by atoms with van der Waals surface area (Å²) in [4.78, 5) is 15.7. The fourth-order valence-electron chi connectivity index (χ4n) is 3.42. The second-order valence-electron chi connectivity index (χ2n) is 6.30. The van der Waals surface area contributed by atoms with E-state index in [2.05, 4.69) is 4.98 Å². The van der Waals surface area contributed by atoms with Crippen molar-refractivity contribution in [2.24, 2.45) is 11.7 Å². The fraction of sp³-hybridized carbons (Fsp3) is 0.471. The number of aliphatic hydroxyl groups is 1.